The minimum atomic E-state index is -0.493. The third kappa shape index (κ3) is 4.42. The predicted octanol–water partition coefficient (Wildman–Crippen LogP) is 7.72. The molecule has 166 valence electrons. The first-order chi connectivity index (χ1) is 16.0. The molecule has 0 N–H and O–H groups in total. The van der Waals surface area contributed by atoms with Crippen molar-refractivity contribution in [1.82, 2.24) is 0 Å². The monoisotopic (exact) mass is 584 g/mol. The zero-order valence-corrected chi connectivity index (χ0v) is 21.2. The van der Waals surface area contributed by atoms with Gasteiger partial charge in [-0.1, -0.05) is 56.1 Å². The summed E-state index contributed by atoms with van der Waals surface area (Å²) in [7, 11) is 0. The van der Waals surface area contributed by atoms with Crippen LogP contribution in [0.25, 0.3) is 0 Å². The van der Waals surface area contributed by atoms with Crippen LogP contribution in [0.3, 0.4) is 0 Å². The molecule has 33 heavy (non-hydrogen) atoms. The lowest BCUT2D eigenvalue weighted by atomic mass is 9.76. The van der Waals surface area contributed by atoms with Gasteiger partial charge < -0.3 is 8.83 Å². The summed E-state index contributed by atoms with van der Waals surface area (Å²) in [6.07, 6.45) is 3.00. The molecule has 5 rings (SSSR count). The van der Waals surface area contributed by atoms with E-state index in [2.05, 4.69) is 31.9 Å². The Morgan fingerprint density at radius 1 is 0.697 bits per heavy atom. The topological polar surface area (TPSA) is 60.4 Å². The summed E-state index contributed by atoms with van der Waals surface area (Å²) in [5.74, 6) is -0.469. The maximum Gasteiger partial charge on any atom is 0.211 e. The number of rotatable bonds is 6. The third-order valence-electron chi connectivity index (χ3n) is 5.88. The van der Waals surface area contributed by atoms with Crippen LogP contribution in [0.5, 0.6) is 0 Å². The molecule has 7 heteroatoms. The van der Waals surface area contributed by atoms with Crippen LogP contribution in [0.4, 0.5) is 0 Å². The van der Waals surface area contributed by atoms with Crippen LogP contribution in [0.15, 0.2) is 103 Å². The Balaban J connectivity index is 1.65. The molecule has 3 heterocycles. The summed E-state index contributed by atoms with van der Waals surface area (Å²) in [5, 5.41) is -0.719. The van der Waals surface area contributed by atoms with E-state index in [0.717, 1.165) is 20.1 Å². The van der Waals surface area contributed by atoms with Gasteiger partial charge in [0, 0.05) is 26.0 Å². The van der Waals surface area contributed by atoms with Crippen molar-refractivity contribution in [3.05, 3.63) is 117 Å². The molecular weight excluding hydrogens is 568 g/mol. The number of halogens is 2. The summed E-state index contributed by atoms with van der Waals surface area (Å²) in [6, 6.07) is 22.5. The lowest BCUT2D eigenvalue weighted by Crippen LogP contribution is -2.29. The number of hydrogen-bond acceptors (Lipinski definition) is 5. The fraction of sp³-hybridized carbons (Fsp3) is 0.154. The van der Waals surface area contributed by atoms with Crippen LogP contribution in [-0.2, 0) is 0 Å². The summed E-state index contributed by atoms with van der Waals surface area (Å²) in [4.78, 5) is 27.4. The fourth-order valence-electron chi connectivity index (χ4n) is 4.38. The second-order valence-corrected chi connectivity index (χ2v) is 10.9. The molecule has 1 aliphatic heterocycles. The average molecular weight is 586 g/mol. The Morgan fingerprint density at radius 3 is 1.73 bits per heavy atom. The molecule has 0 bridgehead atoms. The van der Waals surface area contributed by atoms with Crippen LogP contribution in [0.2, 0.25) is 0 Å². The molecule has 4 nitrogen and oxygen atoms in total. The van der Waals surface area contributed by atoms with Gasteiger partial charge in [0.1, 0.15) is 0 Å². The maximum atomic E-state index is 13.8. The molecule has 1 aliphatic rings. The average Bonchev–Trinajstić information content (AvgIpc) is 3.60. The first-order valence-corrected chi connectivity index (χ1v) is 12.9. The van der Waals surface area contributed by atoms with Crippen molar-refractivity contribution < 1.29 is 18.4 Å². The first-order valence-electron chi connectivity index (χ1n) is 10.3. The van der Waals surface area contributed by atoms with E-state index in [1.165, 1.54) is 24.3 Å². The zero-order valence-electron chi connectivity index (χ0n) is 17.2. The maximum absolute atomic E-state index is 13.8. The van der Waals surface area contributed by atoms with Crippen LogP contribution < -0.4 is 0 Å². The predicted molar refractivity (Wildman–Crippen MR) is 135 cm³/mol. The summed E-state index contributed by atoms with van der Waals surface area (Å²) >= 11 is 8.49. The van der Waals surface area contributed by atoms with E-state index in [-0.39, 0.29) is 22.7 Å². The number of carbonyl (C=O) groups excluding carboxylic acids is 2. The highest BCUT2D eigenvalue weighted by atomic mass is 79.9. The molecular formula is C26H18Br2O4S. The molecule has 0 spiro atoms. The second-order valence-electron chi connectivity index (χ2n) is 7.82. The minimum Gasteiger partial charge on any atom is -0.461 e. The van der Waals surface area contributed by atoms with Crippen molar-refractivity contribution in [3.8, 4) is 0 Å². The quantitative estimate of drug-likeness (QED) is 0.217. The lowest BCUT2D eigenvalue weighted by Gasteiger charge is -2.24. The number of carbonyl (C=O) groups is 2. The number of furan rings is 2. The third-order valence-corrected chi connectivity index (χ3v) is 8.59. The van der Waals surface area contributed by atoms with Crippen molar-refractivity contribution in [3.63, 3.8) is 0 Å². The van der Waals surface area contributed by atoms with E-state index in [1.54, 1.807) is 24.3 Å². The van der Waals surface area contributed by atoms with Crippen LogP contribution in [0.1, 0.15) is 43.4 Å². The normalized spacial score (nSPS) is 22.4. The molecule has 0 radical (unpaired) electrons. The Bertz CT molecular complexity index is 1250. The van der Waals surface area contributed by atoms with Gasteiger partial charge >= 0.3 is 0 Å². The van der Waals surface area contributed by atoms with Crippen molar-refractivity contribution >= 4 is 55.2 Å². The minimum absolute atomic E-state index is 0.108. The van der Waals surface area contributed by atoms with Gasteiger partial charge in [-0.2, -0.15) is 0 Å². The molecule has 1 saturated heterocycles. The molecule has 2 aromatic carbocycles. The van der Waals surface area contributed by atoms with Crippen LogP contribution in [-0.4, -0.2) is 16.8 Å². The Hall–Kier alpha value is -2.35. The van der Waals surface area contributed by atoms with E-state index in [0.29, 0.717) is 11.5 Å². The van der Waals surface area contributed by atoms with Gasteiger partial charge in [-0.15, -0.1) is 11.8 Å². The number of ketones is 2. The number of hydrogen-bond donors (Lipinski definition) is 0. The zero-order chi connectivity index (χ0) is 22.9. The van der Waals surface area contributed by atoms with Crippen molar-refractivity contribution in [2.24, 2.45) is 5.92 Å². The van der Waals surface area contributed by atoms with Crippen LogP contribution >= 0.6 is 43.6 Å². The number of benzene rings is 2. The van der Waals surface area contributed by atoms with Gasteiger partial charge in [0.25, 0.3) is 0 Å². The molecule has 4 unspecified atom stereocenters. The van der Waals surface area contributed by atoms with E-state index in [4.69, 9.17) is 8.83 Å². The van der Waals surface area contributed by atoms with Gasteiger partial charge in [0.05, 0.1) is 17.8 Å². The van der Waals surface area contributed by atoms with Crippen molar-refractivity contribution in [1.29, 1.82) is 0 Å². The number of Topliss-reactive ketones (excluding diaryl/α,β-unsaturated/α-hetero) is 2. The van der Waals surface area contributed by atoms with Crippen LogP contribution in [0, 0.1) is 5.92 Å². The number of thioether (sulfide) groups is 1. The molecule has 4 atom stereocenters. The summed E-state index contributed by atoms with van der Waals surface area (Å²) in [5.41, 5.74) is 1.92. The smallest absolute Gasteiger partial charge is 0.211 e. The first kappa shape index (κ1) is 22.4. The van der Waals surface area contributed by atoms with E-state index < -0.39 is 11.2 Å². The molecule has 1 fully saturated rings. The standard InChI is InChI=1S/C26H18Br2O4S/c27-17-9-5-15(6-10-17)21-22(23(29)19-3-1-13-31-19)25(16-7-11-18(28)12-8-16)33-26(21)24(30)20-4-2-14-32-20/h1-14,21-22,25-26H. The Morgan fingerprint density at radius 2 is 1.21 bits per heavy atom. The fourth-order valence-corrected chi connectivity index (χ4v) is 6.73. The van der Waals surface area contributed by atoms with Gasteiger partial charge in [-0.25, -0.2) is 0 Å². The van der Waals surface area contributed by atoms with Gasteiger partial charge in [-0.05, 0) is 59.7 Å². The largest absolute Gasteiger partial charge is 0.461 e. The van der Waals surface area contributed by atoms with E-state index >= 15 is 0 Å². The highest BCUT2D eigenvalue weighted by molar-refractivity contribution is 9.10. The SMILES string of the molecule is O=C(c1ccco1)C1SC(c2ccc(Br)cc2)C(C(=O)c2ccco2)C1c1ccc(Br)cc1. The van der Waals surface area contributed by atoms with Crippen molar-refractivity contribution in [2.75, 3.05) is 0 Å². The highest BCUT2D eigenvalue weighted by Gasteiger charge is 2.52. The summed E-state index contributed by atoms with van der Waals surface area (Å²) in [6.45, 7) is 0. The Labute approximate surface area is 212 Å². The Kier molecular flexibility index (Phi) is 6.45. The molecule has 4 aromatic rings. The van der Waals surface area contributed by atoms with Crippen molar-refractivity contribution in [2.45, 2.75) is 16.4 Å². The second kappa shape index (κ2) is 9.49. The molecule has 0 aliphatic carbocycles. The lowest BCUT2D eigenvalue weighted by molar-refractivity contribution is 0.0860. The van der Waals surface area contributed by atoms with E-state index in [9.17, 15) is 9.59 Å². The van der Waals surface area contributed by atoms with Gasteiger partial charge in [0.2, 0.25) is 11.6 Å². The molecule has 0 saturated carbocycles. The highest BCUT2D eigenvalue weighted by Crippen LogP contribution is 2.58. The molecule has 0 amide bonds. The molecule has 2 aromatic heterocycles. The van der Waals surface area contributed by atoms with Gasteiger partial charge in [-0.3, -0.25) is 9.59 Å². The van der Waals surface area contributed by atoms with E-state index in [1.807, 2.05) is 48.5 Å². The summed E-state index contributed by atoms with van der Waals surface area (Å²) < 4.78 is 12.8. The van der Waals surface area contributed by atoms with Gasteiger partial charge in [0.15, 0.2) is 11.5 Å².